The van der Waals surface area contributed by atoms with Crippen LogP contribution in [0, 0.1) is 5.82 Å². The van der Waals surface area contributed by atoms with Crippen LogP contribution in [-0.4, -0.2) is 20.4 Å². The lowest BCUT2D eigenvalue weighted by molar-refractivity contribution is 0.102. The molecule has 0 spiro atoms. The summed E-state index contributed by atoms with van der Waals surface area (Å²) in [6, 6.07) is 9.22. The Morgan fingerprint density at radius 2 is 2.07 bits per heavy atom. The van der Waals surface area contributed by atoms with E-state index in [2.05, 4.69) is 15.3 Å². The van der Waals surface area contributed by atoms with Gasteiger partial charge in [-0.15, -0.1) is 11.3 Å². The third kappa shape index (κ3) is 3.78. The van der Waals surface area contributed by atoms with Crippen molar-refractivity contribution in [3.05, 3.63) is 92.0 Å². The van der Waals surface area contributed by atoms with Crippen molar-refractivity contribution in [3.63, 3.8) is 0 Å². The number of hydrogen-bond donors (Lipinski definition) is 2. The molecule has 0 saturated heterocycles. The minimum absolute atomic E-state index is 0.153. The highest BCUT2D eigenvalue weighted by molar-refractivity contribution is 7.14. The average Bonchev–Trinajstić information content (AvgIpc) is 3.38. The van der Waals surface area contributed by atoms with Crippen molar-refractivity contribution >= 4 is 22.4 Å². The fourth-order valence-corrected chi connectivity index (χ4v) is 3.34. The van der Waals surface area contributed by atoms with E-state index in [0.29, 0.717) is 11.5 Å². The smallest absolute Gasteiger partial charge is 0.328 e. The zero-order valence-electron chi connectivity index (χ0n) is 14.7. The number of H-pyrrole nitrogens is 1. The Kier molecular flexibility index (Phi) is 4.92. The number of nitrogens with zero attached hydrogens (tertiary/aromatic N) is 2. The van der Waals surface area contributed by atoms with Gasteiger partial charge in [-0.05, 0) is 18.2 Å². The van der Waals surface area contributed by atoms with E-state index in [1.54, 1.807) is 23.6 Å². The van der Waals surface area contributed by atoms with Crippen molar-refractivity contribution < 1.29 is 13.6 Å². The molecule has 4 rings (SSSR count). The second-order valence-corrected chi connectivity index (χ2v) is 6.82. The van der Waals surface area contributed by atoms with E-state index in [-0.39, 0.29) is 22.8 Å². The summed E-state index contributed by atoms with van der Waals surface area (Å²) in [5.74, 6) is -0.756. The monoisotopic (exact) mass is 412 g/mol. The molecule has 0 atom stereocenters. The number of halogens is 1. The minimum atomic E-state index is -0.836. The molecular weight excluding hydrogens is 399 g/mol. The molecule has 0 radical (unpaired) electrons. The van der Waals surface area contributed by atoms with E-state index >= 15 is 0 Å². The summed E-state index contributed by atoms with van der Waals surface area (Å²) < 4.78 is 19.9. The molecule has 3 heterocycles. The van der Waals surface area contributed by atoms with Crippen LogP contribution in [0.1, 0.15) is 15.9 Å². The average molecular weight is 412 g/mol. The molecule has 10 heteroatoms. The van der Waals surface area contributed by atoms with Gasteiger partial charge in [0.25, 0.3) is 11.5 Å². The van der Waals surface area contributed by atoms with E-state index < -0.39 is 23.0 Å². The van der Waals surface area contributed by atoms with Gasteiger partial charge in [-0.2, -0.15) is 0 Å². The Labute approximate surface area is 166 Å². The molecule has 0 unspecified atom stereocenters. The summed E-state index contributed by atoms with van der Waals surface area (Å²) in [6.45, 7) is -0.304. The van der Waals surface area contributed by atoms with Gasteiger partial charge in [-0.1, -0.05) is 18.2 Å². The van der Waals surface area contributed by atoms with Crippen molar-refractivity contribution in [2.75, 3.05) is 5.32 Å². The Balaban J connectivity index is 1.60. The van der Waals surface area contributed by atoms with Gasteiger partial charge in [0.2, 0.25) is 0 Å². The maximum atomic E-state index is 13.9. The Morgan fingerprint density at radius 3 is 2.83 bits per heavy atom. The normalized spacial score (nSPS) is 10.8. The van der Waals surface area contributed by atoms with E-state index in [1.165, 1.54) is 24.5 Å². The summed E-state index contributed by atoms with van der Waals surface area (Å²) in [6.07, 6.45) is 2.53. The molecule has 1 aromatic carbocycles. The lowest BCUT2D eigenvalue weighted by atomic mass is 10.2. The maximum absolute atomic E-state index is 13.9. The number of carbonyl (C=O) groups excluding carboxylic acids is 1. The van der Waals surface area contributed by atoms with Crippen molar-refractivity contribution in [3.8, 4) is 11.5 Å². The van der Waals surface area contributed by atoms with Crippen molar-refractivity contribution in [1.29, 1.82) is 0 Å². The van der Waals surface area contributed by atoms with Crippen LogP contribution in [0.4, 0.5) is 9.52 Å². The van der Waals surface area contributed by atoms with E-state index in [1.807, 2.05) is 0 Å². The van der Waals surface area contributed by atoms with E-state index in [0.717, 1.165) is 22.1 Å². The molecule has 3 aromatic heterocycles. The van der Waals surface area contributed by atoms with Crippen LogP contribution in [0.5, 0.6) is 0 Å². The van der Waals surface area contributed by atoms with Gasteiger partial charge < -0.3 is 9.40 Å². The Bertz CT molecular complexity index is 1290. The number of anilines is 1. The number of amides is 1. The van der Waals surface area contributed by atoms with E-state index in [9.17, 15) is 18.8 Å². The number of carbonyl (C=O) groups is 1. The summed E-state index contributed by atoms with van der Waals surface area (Å²) in [4.78, 5) is 43.8. The predicted molar refractivity (Wildman–Crippen MR) is 105 cm³/mol. The molecule has 2 N–H and O–H groups in total. The second kappa shape index (κ2) is 7.68. The topological polar surface area (TPSA) is 110 Å². The van der Waals surface area contributed by atoms with Crippen molar-refractivity contribution in [1.82, 2.24) is 14.5 Å². The largest absolute Gasteiger partial charge is 0.463 e. The van der Waals surface area contributed by atoms with Crippen LogP contribution in [0.3, 0.4) is 0 Å². The number of hydrogen-bond acceptors (Lipinski definition) is 6. The molecule has 0 aliphatic carbocycles. The fourth-order valence-electron chi connectivity index (χ4n) is 2.65. The number of nitrogens with one attached hydrogen (secondary N) is 2. The SMILES string of the molecule is O=C(Nc1nc(-c2ccco2)cs1)c1c[nH]c(=O)n(Cc2ccccc2F)c1=O. The first-order chi connectivity index (χ1) is 14.0. The number of furan rings is 1. The van der Waals surface area contributed by atoms with Gasteiger partial charge in [0.05, 0.1) is 12.8 Å². The third-order valence-electron chi connectivity index (χ3n) is 4.09. The molecule has 0 saturated carbocycles. The molecular formula is C19H13FN4O4S. The summed E-state index contributed by atoms with van der Waals surface area (Å²) in [7, 11) is 0. The highest BCUT2D eigenvalue weighted by Gasteiger charge is 2.17. The first-order valence-electron chi connectivity index (χ1n) is 8.39. The summed E-state index contributed by atoms with van der Waals surface area (Å²) in [5.41, 5.74) is -1.19. The molecule has 146 valence electrons. The Morgan fingerprint density at radius 1 is 1.24 bits per heavy atom. The first-order valence-corrected chi connectivity index (χ1v) is 9.27. The number of rotatable bonds is 5. The molecule has 0 bridgehead atoms. The van der Waals surface area contributed by atoms with Crippen LogP contribution in [0.15, 0.2) is 68.2 Å². The zero-order chi connectivity index (χ0) is 20.4. The van der Waals surface area contributed by atoms with Gasteiger partial charge in [-0.3, -0.25) is 19.5 Å². The molecule has 1 amide bonds. The lowest BCUT2D eigenvalue weighted by Gasteiger charge is -2.08. The highest BCUT2D eigenvalue weighted by atomic mass is 32.1. The van der Waals surface area contributed by atoms with Gasteiger partial charge in [-0.25, -0.2) is 14.2 Å². The highest BCUT2D eigenvalue weighted by Crippen LogP contribution is 2.25. The molecule has 0 aliphatic rings. The number of aromatic amines is 1. The van der Waals surface area contributed by atoms with Gasteiger partial charge in [0.1, 0.15) is 17.1 Å². The molecule has 0 fully saturated rings. The quantitative estimate of drug-likeness (QED) is 0.524. The van der Waals surface area contributed by atoms with Crippen LogP contribution in [0.25, 0.3) is 11.5 Å². The van der Waals surface area contributed by atoms with E-state index in [4.69, 9.17) is 4.42 Å². The van der Waals surface area contributed by atoms with Crippen LogP contribution < -0.4 is 16.6 Å². The molecule has 0 aliphatic heterocycles. The van der Waals surface area contributed by atoms with Gasteiger partial charge >= 0.3 is 5.69 Å². The van der Waals surface area contributed by atoms with Crippen molar-refractivity contribution in [2.45, 2.75) is 6.54 Å². The Hall–Kier alpha value is -3.79. The van der Waals surface area contributed by atoms with Gasteiger partial charge in [0, 0.05) is 17.1 Å². The summed E-state index contributed by atoms with van der Waals surface area (Å²) in [5, 5.41) is 4.47. The number of aromatic nitrogens is 3. The molecule has 8 nitrogen and oxygen atoms in total. The predicted octanol–water partition coefficient (Wildman–Crippen LogP) is 2.69. The second-order valence-electron chi connectivity index (χ2n) is 5.96. The first kappa shape index (κ1) is 18.6. The zero-order valence-corrected chi connectivity index (χ0v) is 15.5. The molecule has 4 aromatic rings. The standard InChI is InChI=1S/C19H13FN4O4S/c20-13-5-2-1-4-11(13)9-24-17(26)12(8-21-19(24)27)16(25)23-18-22-14(10-29-18)15-6-3-7-28-15/h1-8,10H,9H2,(H,21,27)(H,22,23,25). The fraction of sp³-hybridized carbons (Fsp3) is 0.0526. The van der Waals surface area contributed by atoms with Crippen molar-refractivity contribution in [2.24, 2.45) is 0 Å². The molecule has 29 heavy (non-hydrogen) atoms. The van der Waals surface area contributed by atoms with Crippen LogP contribution in [0.2, 0.25) is 0 Å². The maximum Gasteiger partial charge on any atom is 0.328 e. The van der Waals surface area contributed by atoms with Crippen LogP contribution >= 0.6 is 11.3 Å². The number of thiazole rings is 1. The number of benzene rings is 1. The van der Waals surface area contributed by atoms with Crippen LogP contribution in [-0.2, 0) is 6.54 Å². The third-order valence-corrected chi connectivity index (χ3v) is 4.85. The minimum Gasteiger partial charge on any atom is -0.463 e. The van der Waals surface area contributed by atoms with Gasteiger partial charge in [0.15, 0.2) is 10.9 Å². The summed E-state index contributed by atoms with van der Waals surface area (Å²) >= 11 is 1.16. The lowest BCUT2D eigenvalue weighted by Crippen LogP contribution is -2.39.